The summed E-state index contributed by atoms with van der Waals surface area (Å²) in [5, 5.41) is 0. The molecular formula is C12H17BrN2. The Kier molecular flexibility index (Phi) is 3.32. The fourth-order valence-electron chi connectivity index (χ4n) is 2.14. The Morgan fingerprint density at radius 1 is 1.53 bits per heavy atom. The van der Waals surface area contributed by atoms with Crippen LogP contribution >= 0.6 is 15.9 Å². The van der Waals surface area contributed by atoms with Crippen LogP contribution in [0.5, 0.6) is 0 Å². The summed E-state index contributed by atoms with van der Waals surface area (Å²) in [6.07, 6.45) is 1.31. The highest BCUT2D eigenvalue weighted by molar-refractivity contribution is 9.10. The molecule has 3 heteroatoms. The lowest BCUT2D eigenvalue weighted by Crippen LogP contribution is -2.20. The molecule has 2 rings (SSSR count). The number of rotatable bonds is 2. The minimum atomic E-state index is 0.828. The molecule has 82 valence electrons. The molecule has 1 aliphatic rings. The number of anilines is 1. The maximum Gasteiger partial charge on any atom is 0.0371 e. The van der Waals surface area contributed by atoms with E-state index in [1.165, 1.54) is 25.1 Å². The zero-order valence-electron chi connectivity index (χ0n) is 9.04. The van der Waals surface area contributed by atoms with Gasteiger partial charge in [-0.2, -0.15) is 0 Å². The molecule has 1 aliphatic heterocycles. The topological polar surface area (TPSA) is 29.3 Å². The fourth-order valence-corrected chi connectivity index (χ4v) is 2.64. The lowest BCUT2D eigenvalue weighted by atomic mass is 10.1. The molecule has 1 fully saturated rings. The molecule has 0 aromatic heterocycles. The van der Waals surface area contributed by atoms with Gasteiger partial charge in [-0.25, -0.2) is 0 Å². The van der Waals surface area contributed by atoms with Crippen LogP contribution in [0, 0.1) is 5.92 Å². The molecule has 0 bridgehead atoms. The lowest BCUT2D eigenvalue weighted by Gasteiger charge is -2.17. The average Bonchev–Trinajstić information content (AvgIpc) is 2.58. The minimum Gasteiger partial charge on any atom is -0.398 e. The number of hydrogen-bond acceptors (Lipinski definition) is 2. The Hall–Kier alpha value is -0.540. The van der Waals surface area contributed by atoms with Crippen molar-refractivity contribution in [1.82, 2.24) is 4.90 Å². The van der Waals surface area contributed by atoms with Gasteiger partial charge < -0.3 is 5.73 Å². The van der Waals surface area contributed by atoms with Crippen LogP contribution in [-0.2, 0) is 6.54 Å². The van der Waals surface area contributed by atoms with Gasteiger partial charge in [-0.3, -0.25) is 4.90 Å². The second-order valence-electron chi connectivity index (χ2n) is 4.44. The van der Waals surface area contributed by atoms with Gasteiger partial charge in [0.1, 0.15) is 0 Å². The summed E-state index contributed by atoms with van der Waals surface area (Å²) < 4.78 is 1.13. The average molecular weight is 269 g/mol. The lowest BCUT2D eigenvalue weighted by molar-refractivity contribution is 0.320. The zero-order valence-corrected chi connectivity index (χ0v) is 10.6. The molecule has 1 saturated heterocycles. The minimum absolute atomic E-state index is 0.828. The summed E-state index contributed by atoms with van der Waals surface area (Å²) in [6.45, 7) is 5.67. The van der Waals surface area contributed by atoms with Gasteiger partial charge in [0.25, 0.3) is 0 Å². The van der Waals surface area contributed by atoms with E-state index in [9.17, 15) is 0 Å². The Labute approximate surface area is 99.6 Å². The molecule has 1 unspecified atom stereocenters. The zero-order chi connectivity index (χ0) is 10.8. The molecule has 2 nitrogen and oxygen atoms in total. The van der Waals surface area contributed by atoms with Crippen molar-refractivity contribution in [2.45, 2.75) is 19.9 Å². The molecule has 15 heavy (non-hydrogen) atoms. The van der Waals surface area contributed by atoms with Crippen molar-refractivity contribution < 1.29 is 0 Å². The second kappa shape index (κ2) is 4.54. The monoisotopic (exact) mass is 268 g/mol. The third kappa shape index (κ3) is 2.52. The van der Waals surface area contributed by atoms with Gasteiger partial charge in [0.15, 0.2) is 0 Å². The van der Waals surface area contributed by atoms with E-state index in [2.05, 4.69) is 33.8 Å². The van der Waals surface area contributed by atoms with Crippen molar-refractivity contribution in [3.63, 3.8) is 0 Å². The van der Waals surface area contributed by atoms with Gasteiger partial charge in [0, 0.05) is 28.8 Å². The molecule has 0 aliphatic carbocycles. The third-order valence-electron chi connectivity index (χ3n) is 3.04. The van der Waals surface area contributed by atoms with Crippen LogP contribution in [-0.4, -0.2) is 18.0 Å². The van der Waals surface area contributed by atoms with E-state index in [1.54, 1.807) is 0 Å². The van der Waals surface area contributed by atoms with Crippen molar-refractivity contribution in [2.75, 3.05) is 18.8 Å². The molecule has 0 saturated carbocycles. The predicted molar refractivity (Wildman–Crippen MR) is 67.6 cm³/mol. The third-order valence-corrected chi connectivity index (χ3v) is 3.79. The SMILES string of the molecule is CC1CCN(Cc2c(N)cccc2Br)C1. The van der Waals surface area contributed by atoms with Crippen molar-refractivity contribution >= 4 is 21.6 Å². The quantitative estimate of drug-likeness (QED) is 0.836. The summed E-state index contributed by atoms with van der Waals surface area (Å²) in [5.41, 5.74) is 8.10. The van der Waals surface area contributed by atoms with Crippen molar-refractivity contribution in [2.24, 2.45) is 5.92 Å². The van der Waals surface area contributed by atoms with Gasteiger partial charge in [-0.15, -0.1) is 0 Å². The van der Waals surface area contributed by atoms with E-state index in [4.69, 9.17) is 5.73 Å². The predicted octanol–water partition coefficient (Wildman–Crippen LogP) is 2.87. The van der Waals surface area contributed by atoms with Crippen molar-refractivity contribution in [3.05, 3.63) is 28.2 Å². The number of hydrogen-bond donors (Lipinski definition) is 1. The van der Waals surface area contributed by atoms with Crippen molar-refractivity contribution in [3.8, 4) is 0 Å². The number of nitrogens with zero attached hydrogens (tertiary/aromatic N) is 1. The Balaban J connectivity index is 2.10. The van der Waals surface area contributed by atoms with Crippen molar-refractivity contribution in [1.29, 1.82) is 0 Å². The highest BCUT2D eigenvalue weighted by atomic mass is 79.9. The number of nitrogens with two attached hydrogens (primary N) is 1. The van der Waals surface area contributed by atoms with Gasteiger partial charge in [0.05, 0.1) is 0 Å². The van der Waals surface area contributed by atoms with Gasteiger partial charge >= 0.3 is 0 Å². The maximum absolute atomic E-state index is 5.98. The summed E-state index contributed by atoms with van der Waals surface area (Å²) in [7, 11) is 0. The number of halogens is 1. The van der Waals surface area contributed by atoms with E-state index in [-0.39, 0.29) is 0 Å². The van der Waals surface area contributed by atoms with Crippen LogP contribution in [0.1, 0.15) is 18.9 Å². The van der Waals surface area contributed by atoms with Gasteiger partial charge in [-0.05, 0) is 31.0 Å². The van der Waals surface area contributed by atoms with E-state index < -0.39 is 0 Å². The van der Waals surface area contributed by atoms with E-state index in [0.717, 1.165) is 22.6 Å². The Bertz CT molecular complexity index is 331. The number of likely N-dealkylation sites (tertiary alicyclic amines) is 1. The summed E-state index contributed by atoms with van der Waals surface area (Å²) >= 11 is 3.56. The maximum atomic E-state index is 5.98. The molecule has 2 N–H and O–H groups in total. The van der Waals surface area contributed by atoms with Crippen LogP contribution in [0.2, 0.25) is 0 Å². The highest BCUT2D eigenvalue weighted by Gasteiger charge is 2.19. The van der Waals surface area contributed by atoms with Gasteiger partial charge in [0.2, 0.25) is 0 Å². The summed E-state index contributed by atoms with van der Waals surface area (Å²) in [6, 6.07) is 6.01. The first-order chi connectivity index (χ1) is 7.16. The molecule has 1 heterocycles. The first-order valence-electron chi connectivity index (χ1n) is 5.42. The van der Waals surface area contributed by atoms with Gasteiger partial charge in [-0.1, -0.05) is 28.9 Å². The first-order valence-corrected chi connectivity index (χ1v) is 6.21. The normalized spacial score (nSPS) is 22.1. The largest absolute Gasteiger partial charge is 0.398 e. The molecule has 1 atom stereocenters. The van der Waals surface area contributed by atoms with E-state index in [1.807, 2.05) is 12.1 Å². The number of nitrogen functional groups attached to an aromatic ring is 1. The van der Waals surface area contributed by atoms with E-state index >= 15 is 0 Å². The second-order valence-corrected chi connectivity index (χ2v) is 5.29. The Morgan fingerprint density at radius 2 is 2.33 bits per heavy atom. The van der Waals surface area contributed by atoms with Crippen LogP contribution in [0.3, 0.4) is 0 Å². The Morgan fingerprint density at radius 3 is 2.93 bits per heavy atom. The van der Waals surface area contributed by atoms with Crippen LogP contribution in [0.15, 0.2) is 22.7 Å². The smallest absolute Gasteiger partial charge is 0.0371 e. The van der Waals surface area contributed by atoms with Crippen LogP contribution in [0.4, 0.5) is 5.69 Å². The molecule has 0 amide bonds. The highest BCUT2D eigenvalue weighted by Crippen LogP contribution is 2.26. The first kappa shape index (κ1) is 11.0. The molecule has 0 radical (unpaired) electrons. The fraction of sp³-hybridized carbons (Fsp3) is 0.500. The molecule has 1 aromatic carbocycles. The molecule has 0 spiro atoms. The standard InChI is InChI=1S/C12H17BrN2/c1-9-5-6-15(7-9)8-10-11(13)3-2-4-12(10)14/h2-4,9H,5-8,14H2,1H3. The molecule has 1 aromatic rings. The summed E-state index contributed by atoms with van der Waals surface area (Å²) in [5.74, 6) is 0.828. The van der Waals surface area contributed by atoms with Crippen LogP contribution < -0.4 is 5.73 Å². The van der Waals surface area contributed by atoms with E-state index in [0.29, 0.717) is 0 Å². The number of benzene rings is 1. The summed E-state index contributed by atoms with van der Waals surface area (Å²) in [4.78, 5) is 2.47. The van der Waals surface area contributed by atoms with Crippen LogP contribution in [0.25, 0.3) is 0 Å². The molecular weight excluding hydrogens is 252 g/mol.